The Bertz CT molecular complexity index is 456. The third-order valence-corrected chi connectivity index (χ3v) is 4.97. The molecule has 1 aromatic rings. The lowest BCUT2D eigenvalue weighted by molar-refractivity contribution is 0.139. The minimum absolute atomic E-state index is 0.209. The first-order valence-corrected chi connectivity index (χ1v) is 9.43. The van der Waals surface area contributed by atoms with Gasteiger partial charge in [-0.05, 0) is 53.6 Å². The van der Waals surface area contributed by atoms with Gasteiger partial charge in [-0.15, -0.1) is 0 Å². The fourth-order valence-electron chi connectivity index (χ4n) is 3.31. The van der Waals surface area contributed by atoms with Crippen molar-refractivity contribution in [3.05, 3.63) is 22.4 Å². The zero-order chi connectivity index (χ0) is 16.7. The van der Waals surface area contributed by atoms with E-state index in [4.69, 9.17) is 0 Å². The van der Waals surface area contributed by atoms with Gasteiger partial charge in [0, 0.05) is 26.2 Å². The highest BCUT2D eigenvalue weighted by Gasteiger charge is 2.21. The summed E-state index contributed by atoms with van der Waals surface area (Å²) in [5.74, 6) is 1.54. The second-order valence-electron chi connectivity index (χ2n) is 6.77. The summed E-state index contributed by atoms with van der Waals surface area (Å²) in [5, 5.41) is 19.3. The lowest BCUT2D eigenvalue weighted by atomic mass is 9.92. The van der Waals surface area contributed by atoms with Gasteiger partial charge >= 0.3 is 6.03 Å². The number of nitrogens with one attached hydrogen (secondary N) is 2. The monoisotopic (exact) mass is 339 g/mol. The average Bonchev–Trinajstić information content (AvgIpc) is 3.02. The third-order valence-electron chi connectivity index (χ3n) is 4.27. The molecule has 2 heterocycles. The predicted octanol–water partition coefficient (Wildman–Crippen LogP) is 2.45. The van der Waals surface area contributed by atoms with Gasteiger partial charge in [-0.25, -0.2) is 4.79 Å². The highest BCUT2D eigenvalue weighted by atomic mass is 32.1. The van der Waals surface area contributed by atoms with E-state index in [2.05, 4.69) is 29.4 Å². The Labute approximate surface area is 143 Å². The number of nitrogens with zero attached hydrogens (tertiary/aromatic N) is 1. The van der Waals surface area contributed by atoms with Gasteiger partial charge in [-0.1, -0.05) is 13.8 Å². The van der Waals surface area contributed by atoms with Gasteiger partial charge in [-0.2, -0.15) is 11.3 Å². The molecule has 3 N–H and O–H groups in total. The Kier molecular flexibility index (Phi) is 7.33. The molecule has 5 nitrogen and oxygen atoms in total. The zero-order valence-corrected chi connectivity index (χ0v) is 14.9. The van der Waals surface area contributed by atoms with E-state index in [1.54, 1.807) is 0 Å². The quantitative estimate of drug-likeness (QED) is 0.669. The van der Waals surface area contributed by atoms with Crippen LogP contribution in [0.2, 0.25) is 0 Å². The van der Waals surface area contributed by atoms with Crippen molar-refractivity contribution in [2.75, 3.05) is 32.7 Å². The predicted molar refractivity (Wildman–Crippen MR) is 94.7 cm³/mol. The van der Waals surface area contributed by atoms with Crippen molar-refractivity contribution in [1.82, 2.24) is 15.5 Å². The maximum atomic E-state index is 11.7. The molecule has 0 spiro atoms. The summed E-state index contributed by atoms with van der Waals surface area (Å²) < 4.78 is 0. The second-order valence-corrected chi connectivity index (χ2v) is 7.55. The van der Waals surface area contributed by atoms with Crippen LogP contribution in [0.1, 0.15) is 38.4 Å². The van der Waals surface area contributed by atoms with Crippen LogP contribution in [0.3, 0.4) is 0 Å². The van der Waals surface area contributed by atoms with Crippen LogP contribution >= 0.6 is 11.3 Å². The van der Waals surface area contributed by atoms with Gasteiger partial charge in [0.25, 0.3) is 0 Å². The smallest absolute Gasteiger partial charge is 0.314 e. The fraction of sp³-hybridized carbons (Fsp3) is 0.706. The van der Waals surface area contributed by atoms with Crippen molar-refractivity contribution in [2.45, 2.75) is 32.8 Å². The molecule has 0 bridgehead atoms. The van der Waals surface area contributed by atoms with E-state index in [0.717, 1.165) is 30.4 Å². The van der Waals surface area contributed by atoms with Crippen molar-refractivity contribution in [1.29, 1.82) is 0 Å². The Morgan fingerprint density at radius 1 is 1.39 bits per heavy atom. The second kappa shape index (κ2) is 9.25. The number of urea groups is 1. The Hall–Kier alpha value is -1.11. The number of carbonyl (C=O) groups is 1. The normalized spacial score (nSPS) is 23.4. The molecule has 0 aliphatic carbocycles. The van der Waals surface area contributed by atoms with Crippen molar-refractivity contribution in [3.63, 3.8) is 0 Å². The highest BCUT2D eigenvalue weighted by molar-refractivity contribution is 7.07. The van der Waals surface area contributed by atoms with E-state index in [-0.39, 0.29) is 12.6 Å². The molecule has 1 aromatic heterocycles. The van der Waals surface area contributed by atoms with E-state index >= 15 is 0 Å². The largest absolute Gasteiger partial charge is 0.387 e. The first-order chi connectivity index (χ1) is 11.0. The molecule has 0 radical (unpaired) electrons. The number of rotatable bonds is 7. The van der Waals surface area contributed by atoms with Crippen LogP contribution in [-0.2, 0) is 0 Å². The number of likely N-dealkylation sites (tertiary alicyclic amines) is 1. The molecular weight excluding hydrogens is 310 g/mol. The number of carbonyl (C=O) groups excluding carboxylic acids is 1. The molecule has 3 unspecified atom stereocenters. The van der Waals surface area contributed by atoms with Crippen LogP contribution in [0.5, 0.6) is 0 Å². The molecule has 6 heteroatoms. The summed E-state index contributed by atoms with van der Waals surface area (Å²) >= 11 is 1.54. The molecule has 3 atom stereocenters. The molecule has 2 amide bonds. The summed E-state index contributed by atoms with van der Waals surface area (Å²) in [4.78, 5) is 14.2. The Morgan fingerprint density at radius 3 is 2.78 bits per heavy atom. The number of amides is 2. The number of thiophene rings is 1. The van der Waals surface area contributed by atoms with Gasteiger partial charge in [0.15, 0.2) is 0 Å². The number of hydrogen-bond donors (Lipinski definition) is 3. The van der Waals surface area contributed by atoms with Gasteiger partial charge in [0.05, 0.1) is 6.10 Å². The van der Waals surface area contributed by atoms with E-state index in [1.807, 2.05) is 16.8 Å². The van der Waals surface area contributed by atoms with Crippen LogP contribution in [0, 0.1) is 11.8 Å². The summed E-state index contributed by atoms with van der Waals surface area (Å²) in [7, 11) is 0. The number of piperidine rings is 1. The summed E-state index contributed by atoms with van der Waals surface area (Å²) in [6.07, 6.45) is 1.65. The van der Waals surface area contributed by atoms with Crippen LogP contribution in [0.15, 0.2) is 16.8 Å². The highest BCUT2D eigenvalue weighted by Crippen LogP contribution is 2.20. The SMILES string of the molecule is CC1CC(C)CN(CCCNC(=O)NCC(O)c2ccsc2)C1. The van der Waals surface area contributed by atoms with Gasteiger partial charge in [0.2, 0.25) is 0 Å². The van der Waals surface area contributed by atoms with E-state index < -0.39 is 6.10 Å². The Morgan fingerprint density at radius 2 is 2.13 bits per heavy atom. The van der Waals surface area contributed by atoms with Crippen LogP contribution in [0.25, 0.3) is 0 Å². The minimum Gasteiger partial charge on any atom is -0.387 e. The summed E-state index contributed by atoms with van der Waals surface area (Å²) in [5.41, 5.74) is 0.851. The van der Waals surface area contributed by atoms with Crippen LogP contribution < -0.4 is 10.6 Å². The molecular formula is C17H29N3O2S. The van der Waals surface area contributed by atoms with Crippen molar-refractivity contribution in [3.8, 4) is 0 Å². The molecule has 1 saturated heterocycles. The maximum Gasteiger partial charge on any atom is 0.314 e. The molecule has 1 fully saturated rings. The number of aliphatic hydroxyl groups excluding tert-OH is 1. The molecule has 1 aliphatic heterocycles. The van der Waals surface area contributed by atoms with E-state index in [9.17, 15) is 9.90 Å². The standard InChI is InChI=1S/C17H29N3O2S/c1-13-8-14(2)11-20(10-13)6-3-5-18-17(22)19-9-16(21)15-4-7-23-12-15/h4,7,12-14,16,21H,3,5-6,8-11H2,1-2H3,(H2,18,19,22). The lowest BCUT2D eigenvalue weighted by Gasteiger charge is -2.34. The zero-order valence-electron chi connectivity index (χ0n) is 14.1. The van der Waals surface area contributed by atoms with Gasteiger partial charge in [0.1, 0.15) is 0 Å². The topological polar surface area (TPSA) is 64.6 Å². The molecule has 0 aromatic carbocycles. The van der Waals surface area contributed by atoms with Crippen molar-refractivity contribution >= 4 is 17.4 Å². The summed E-state index contributed by atoms with van der Waals surface area (Å²) in [6.45, 7) is 8.91. The number of aliphatic hydroxyl groups is 1. The van der Waals surface area contributed by atoms with Crippen molar-refractivity contribution in [2.24, 2.45) is 11.8 Å². The fourth-order valence-corrected chi connectivity index (χ4v) is 4.02. The molecule has 23 heavy (non-hydrogen) atoms. The maximum absolute atomic E-state index is 11.7. The van der Waals surface area contributed by atoms with E-state index in [1.165, 1.54) is 30.8 Å². The van der Waals surface area contributed by atoms with Gasteiger partial charge in [-0.3, -0.25) is 0 Å². The van der Waals surface area contributed by atoms with Crippen LogP contribution in [-0.4, -0.2) is 48.8 Å². The van der Waals surface area contributed by atoms with Crippen LogP contribution in [0.4, 0.5) is 4.79 Å². The average molecular weight is 340 g/mol. The number of hydrogen-bond acceptors (Lipinski definition) is 4. The van der Waals surface area contributed by atoms with E-state index in [0.29, 0.717) is 6.54 Å². The lowest BCUT2D eigenvalue weighted by Crippen LogP contribution is -2.41. The molecule has 130 valence electrons. The first-order valence-electron chi connectivity index (χ1n) is 8.48. The molecule has 1 aliphatic rings. The molecule has 0 saturated carbocycles. The van der Waals surface area contributed by atoms with Crippen molar-refractivity contribution < 1.29 is 9.90 Å². The Balaban J connectivity index is 1.54. The third kappa shape index (κ3) is 6.49. The minimum atomic E-state index is -0.636. The van der Waals surface area contributed by atoms with Gasteiger partial charge < -0.3 is 20.6 Å². The molecule has 2 rings (SSSR count). The summed E-state index contributed by atoms with van der Waals surface area (Å²) in [6, 6.07) is 1.66. The first kappa shape index (κ1) is 18.2.